The Hall–Kier alpha value is -2.79. The van der Waals surface area contributed by atoms with Crippen molar-refractivity contribution in [2.45, 2.75) is 19.9 Å². The van der Waals surface area contributed by atoms with Crippen LogP contribution < -0.4 is 16.1 Å². The van der Waals surface area contributed by atoms with Gasteiger partial charge in [0.15, 0.2) is 0 Å². The first-order chi connectivity index (χ1) is 12.2. The lowest BCUT2D eigenvalue weighted by Gasteiger charge is -2.20. The number of benzene rings is 2. The Labute approximate surface area is 148 Å². The van der Waals surface area contributed by atoms with E-state index in [1.54, 1.807) is 0 Å². The fraction of sp³-hybridized carbons (Fsp3) is 0.250. The third-order valence-corrected chi connectivity index (χ3v) is 4.04. The summed E-state index contributed by atoms with van der Waals surface area (Å²) in [4.78, 5) is 5.42. The van der Waals surface area contributed by atoms with E-state index in [1.165, 1.54) is 5.56 Å². The van der Waals surface area contributed by atoms with Gasteiger partial charge in [-0.1, -0.05) is 42.5 Å². The van der Waals surface area contributed by atoms with Gasteiger partial charge in [0, 0.05) is 24.4 Å². The molecule has 0 radical (unpaired) electrons. The molecule has 2 aromatic rings. The second-order valence-corrected chi connectivity index (χ2v) is 6.04. The van der Waals surface area contributed by atoms with Crippen molar-refractivity contribution in [2.75, 3.05) is 23.9 Å². The van der Waals surface area contributed by atoms with Gasteiger partial charge in [0.05, 0.1) is 23.7 Å². The average molecular weight is 336 g/mol. The standard InChI is InChI=1S/C20H24N4O/c1-15(23-14-16-7-3-2-4-8-16)13-18(21)17-9-5-10-19-20(17)22-11-6-12-25-24-19/h2-5,7-10,13,21-24H,6,11-12,14H2,1H3/b15-13-,21-18?. The van der Waals surface area contributed by atoms with Gasteiger partial charge in [0.2, 0.25) is 0 Å². The van der Waals surface area contributed by atoms with Crippen LogP contribution in [0.5, 0.6) is 0 Å². The van der Waals surface area contributed by atoms with Gasteiger partial charge in [0.1, 0.15) is 0 Å². The fourth-order valence-electron chi connectivity index (χ4n) is 2.72. The molecule has 0 spiro atoms. The molecule has 4 N–H and O–H groups in total. The normalized spacial score (nSPS) is 14.4. The molecule has 0 saturated carbocycles. The van der Waals surface area contributed by atoms with Gasteiger partial charge >= 0.3 is 0 Å². The quantitative estimate of drug-likeness (QED) is 0.625. The van der Waals surface area contributed by atoms with E-state index in [2.05, 4.69) is 28.2 Å². The monoisotopic (exact) mass is 336 g/mol. The topological polar surface area (TPSA) is 69.2 Å². The van der Waals surface area contributed by atoms with Crippen LogP contribution >= 0.6 is 0 Å². The Bertz CT molecular complexity index is 756. The number of hydrogen-bond acceptors (Lipinski definition) is 5. The SMILES string of the molecule is C/C(=C/C(=N)c1cccc2c1NCCCON2)NCc1ccccc1. The Morgan fingerprint density at radius 2 is 2.04 bits per heavy atom. The number of rotatable bonds is 5. The first-order valence-electron chi connectivity index (χ1n) is 8.54. The van der Waals surface area contributed by atoms with Crippen molar-refractivity contribution in [1.82, 2.24) is 5.32 Å². The van der Waals surface area contributed by atoms with Crippen LogP contribution in [-0.4, -0.2) is 18.9 Å². The van der Waals surface area contributed by atoms with E-state index in [0.717, 1.165) is 42.1 Å². The Morgan fingerprint density at radius 3 is 2.88 bits per heavy atom. The van der Waals surface area contributed by atoms with E-state index < -0.39 is 0 Å². The van der Waals surface area contributed by atoms with Crippen LogP contribution in [0.2, 0.25) is 0 Å². The molecule has 0 bridgehead atoms. The van der Waals surface area contributed by atoms with Crippen LogP contribution in [0.1, 0.15) is 24.5 Å². The van der Waals surface area contributed by atoms with Crippen molar-refractivity contribution in [1.29, 1.82) is 5.41 Å². The summed E-state index contributed by atoms with van der Waals surface area (Å²) in [7, 11) is 0. The number of fused-ring (bicyclic) bond motifs is 1. The Balaban J connectivity index is 1.72. The molecule has 1 aliphatic heterocycles. The summed E-state index contributed by atoms with van der Waals surface area (Å²) in [6.07, 6.45) is 2.78. The number of nitrogens with one attached hydrogen (secondary N) is 4. The minimum atomic E-state index is 0.463. The molecule has 5 heteroatoms. The molecule has 5 nitrogen and oxygen atoms in total. The number of hydrogen-bond donors (Lipinski definition) is 4. The molecule has 0 unspecified atom stereocenters. The summed E-state index contributed by atoms with van der Waals surface area (Å²) < 4.78 is 0. The largest absolute Gasteiger partial charge is 0.384 e. The van der Waals surface area contributed by atoms with E-state index >= 15 is 0 Å². The Morgan fingerprint density at radius 1 is 1.20 bits per heavy atom. The molecular weight excluding hydrogens is 312 g/mol. The van der Waals surface area contributed by atoms with Crippen molar-refractivity contribution in [3.63, 3.8) is 0 Å². The number of para-hydroxylation sites is 1. The summed E-state index contributed by atoms with van der Waals surface area (Å²) in [6.45, 7) is 4.22. The van der Waals surface area contributed by atoms with E-state index in [-0.39, 0.29) is 0 Å². The molecule has 0 amide bonds. The second kappa shape index (κ2) is 8.35. The minimum Gasteiger partial charge on any atom is -0.384 e. The molecule has 2 aromatic carbocycles. The fourth-order valence-corrected chi connectivity index (χ4v) is 2.72. The third-order valence-electron chi connectivity index (χ3n) is 4.04. The highest BCUT2D eigenvalue weighted by molar-refractivity contribution is 6.12. The van der Waals surface area contributed by atoms with Crippen LogP contribution in [0.15, 0.2) is 60.3 Å². The lowest BCUT2D eigenvalue weighted by molar-refractivity contribution is 0.191. The molecule has 1 aliphatic rings. The van der Waals surface area contributed by atoms with Gasteiger partial charge in [0.25, 0.3) is 0 Å². The van der Waals surface area contributed by atoms with Crippen LogP contribution in [0.25, 0.3) is 0 Å². The van der Waals surface area contributed by atoms with Crippen molar-refractivity contribution >= 4 is 17.1 Å². The molecule has 0 atom stereocenters. The van der Waals surface area contributed by atoms with Crippen LogP contribution in [0.3, 0.4) is 0 Å². The van der Waals surface area contributed by atoms with Crippen molar-refractivity contribution in [3.05, 3.63) is 71.4 Å². The zero-order valence-electron chi connectivity index (χ0n) is 14.4. The zero-order chi connectivity index (χ0) is 17.5. The van der Waals surface area contributed by atoms with E-state index in [0.29, 0.717) is 12.3 Å². The zero-order valence-corrected chi connectivity index (χ0v) is 14.4. The molecule has 0 fully saturated rings. The van der Waals surface area contributed by atoms with Gasteiger partial charge in [-0.3, -0.25) is 10.3 Å². The molecule has 0 saturated heterocycles. The van der Waals surface area contributed by atoms with Crippen LogP contribution in [0, 0.1) is 5.41 Å². The van der Waals surface area contributed by atoms with E-state index in [4.69, 9.17) is 10.2 Å². The first-order valence-corrected chi connectivity index (χ1v) is 8.54. The maximum absolute atomic E-state index is 8.48. The third kappa shape index (κ3) is 4.61. The minimum absolute atomic E-state index is 0.463. The molecule has 1 heterocycles. The smallest absolute Gasteiger partial charge is 0.0842 e. The van der Waals surface area contributed by atoms with E-state index in [1.807, 2.05) is 49.4 Å². The van der Waals surface area contributed by atoms with Gasteiger partial charge in [-0.15, -0.1) is 0 Å². The summed E-state index contributed by atoms with van der Waals surface area (Å²) in [5.74, 6) is 0. The lowest BCUT2D eigenvalue weighted by Crippen LogP contribution is -2.17. The molecule has 25 heavy (non-hydrogen) atoms. The molecular formula is C20H24N4O. The van der Waals surface area contributed by atoms with Gasteiger partial charge < -0.3 is 16.0 Å². The highest BCUT2D eigenvalue weighted by Crippen LogP contribution is 2.28. The molecule has 3 rings (SSSR count). The maximum Gasteiger partial charge on any atom is 0.0842 e. The summed E-state index contributed by atoms with van der Waals surface area (Å²) in [5.41, 5.74) is 8.24. The van der Waals surface area contributed by atoms with Crippen LogP contribution in [-0.2, 0) is 11.4 Å². The van der Waals surface area contributed by atoms with Crippen molar-refractivity contribution in [3.8, 4) is 0 Å². The van der Waals surface area contributed by atoms with E-state index in [9.17, 15) is 0 Å². The lowest BCUT2D eigenvalue weighted by atomic mass is 10.0. The number of allylic oxidation sites excluding steroid dienone is 2. The molecule has 130 valence electrons. The molecule has 0 aromatic heterocycles. The highest BCUT2D eigenvalue weighted by atomic mass is 16.6. The van der Waals surface area contributed by atoms with Crippen LogP contribution in [0.4, 0.5) is 11.4 Å². The predicted octanol–water partition coefficient (Wildman–Crippen LogP) is 3.91. The van der Waals surface area contributed by atoms with Gasteiger partial charge in [-0.25, -0.2) is 0 Å². The molecule has 0 aliphatic carbocycles. The summed E-state index contributed by atoms with van der Waals surface area (Å²) in [6, 6.07) is 16.1. The second-order valence-electron chi connectivity index (χ2n) is 6.04. The van der Waals surface area contributed by atoms with Crippen molar-refractivity contribution in [2.24, 2.45) is 0 Å². The van der Waals surface area contributed by atoms with Crippen molar-refractivity contribution < 1.29 is 4.84 Å². The number of anilines is 2. The maximum atomic E-state index is 8.48. The summed E-state index contributed by atoms with van der Waals surface area (Å²) >= 11 is 0. The summed E-state index contributed by atoms with van der Waals surface area (Å²) in [5, 5.41) is 15.3. The van der Waals surface area contributed by atoms with Gasteiger partial charge in [-0.2, -0.15) is 0 Å². The average Bonchev–Trinajstić information content (AvgIpc) is 2.61. The predicted molar refractivity (Wildman–Crippen MR) is 103 cm³/mol. The van der Waals surface area contributed by atoms with Gasteiger partial charge in [-0.05, 0) is 31.1 Å². The highest BCUT2D eigenvalue weighted by Gasteiger charge is 2.13. The Kier molecular flexibility index (Phi) is 5.69. The first kappa shape index (κ1) is 17.0.